The molecule has 5 N–H and O–H groups in total. The van der Waals surface area contributed by atoms with Crippen molar-refractivity contribution in [1.82, 2.24) is 19.9 Å². The number of nitrogens with two attached hydrogens (primary N) is 1. The van der Waals surface area contributed by atoms with Crippen molar-refractivity contribution in [2.24, 2.45) is 12.8 Å². The SMILES string of the molecule is Cn1c(Nc2nc3ccc(OCCO)cc3o2)nc2cc(C(=O)NCCN)ccc21. The van der Waals surface area contributed by atoms with Crippen LogP contribution in [0.1, 0.15) is 10.4 Å². The molecule has 0 saturated heterocycles. The minimum atomic E-state index is -0.194. The highest BCUT2D eigenvalue weighted by atomic mass is 16.5. The van der Waals surface area contributed by atoms with Crippen LogP contribution in [0.3, 0.4) is 0 Å². The van der Waals surface area contributed by atoms with Gasteiger partial charge in [0.1, 0.15) is 17.9 Å². The molecule has 4 aromatic rings. The molecule has 0 radical (unpaired) electrons. The highest BCUT2D eigenvalue weighted by molar-refractivity contribution is 5.97. The summed E-state index contributed by atoms with van der Waals surface area (Å²) in [6, 6.07) is 10.8. The summed E-state index contributed by atoms with van der Waals surface area (Å²) >= 11 is 0. The van der Waals surface area contributed by atoms with Gasteiger partial charge in [0.15, 0.2) is 5.58 Å². The third-order valence-corrected chi connectivity index (χ3v) is 4.51. The van der Waals surface area contributed by atoms with E-state index in [9.17, 15) is 4.79 Å². The zero-order valence-corrected chi connectivity index (χ0v) is 16.4. The normalized spacial score (nSPS) is 11.2. The van der Waals surface area contributed by atoms with E-state index in [1.54, 1.807) is 30.3 Å². The van der Waals surface area contributed by atoms with Crippen molar-refractivity contribution >= 4 is 40.0 Å². The number of rotatable bonds is 8. The fraction of sp³-hybridized carbons (Fsp3) is 0.250. The Morgan fingerprint density at radius 3 is 2.90 bits per heavy atom. The van der Waals surface area contributed by atoms with Crippen LogP contribution < -0.4 is 21.1 Å². The van der Waals surface area contributed by atoms with Gasteiger partial charge in [-0.1, -0.05) is 0 Å². The number of oxazole rings is 1. The predicted molar refractivity (Wildman–Crippen MR) is 112 cm³/mol. The molecule has 0 aliphatic carbocycles. The first kappa shape index (κ1) is 19.7. The first-order valence-corrected chi connectivity index (χ1v) is 9.45. The number of aromatic nitrogens is 3. The van der Waals surface area contributed by atoms with Crippen molar-refractivity contribution in [2.75, 3.05) is 31.6 Å². The number of carbonyl (C=O) groups excluding carboxylic acids is 1. The second-order valence-electron chi connectivity index (χ2n) is 6.59. The number of benzene rings is 2. The number of hydrogen-bond acceptors (Lipinski definition) is 8. The maximum atomic E-state index is 12.2. The molecule has 2 aromatic carbocycles. The predicted octanol–water partition coefficient (Wildman–Crippen LogP) is 1.52. The zero-order chi connectivity index (χ0) is 21.1. The molecule has 10 nitrogen and oxygen atoms in total. The molecule has 0 bridgehead atoms. The van der Waals surface area contributed by atoms with E-state index in [-0.39, 0.29) is 25.1 Å². The van der Waals surface area contributed by atoms with Crippen LogP contribution in [0.15, 0.2) is 40.8 Å². The quantitative estimate of drug-likeness (QED) is 0.343. The van der Waals surface area contributed by atoms with E-state index in [1.165, 1.54) is 0 Å². The topological polar surface area (TPSA) is 140 Å². The summed E-state index contributed by atoms with van der Waals surface area (Å²) in [5, 5.41) is 14.7. The fourth-order valence-electron chi connectivity index (χ4n) is 3.05. The van der Waals surface area contributed by atoms with Crippen LogP contribution in [0.2, 0.25) is 0 Å². The number of anilines is 2. The van der Waals surface area contributed by atoms with E-state index < -0.39 is 0 Å². The Balaban J connectivity index is 1.58. The van der Waals surface area contributed by atoms with Crippen LogP contribution in [0.25, 0.3) is 22.1 Å². The molecule has 4 rings (SSSR count). The number of aryl methyl sites for hydroxylation is 1. The summed E-state index contributed by atoms with van der Waals surface area (Å²) in [6.07, 6.45) is 0. The number of hydrogen-bond donors (Lipinski definition) is 4. The molecule has 10 heteroatoms. The van der Waals surface area contributed by atoms with E-state index in [4.69, 9.17) is 20.0 Å². The average molecular weight is 410 g/mol. The molecule has 0 aliphatic rings. The number of fused-ring (bicyclic) bond motifs is 2. The highest BCUT2D eigenvalue weighted by Gasteiger charge is 2.14. The van der Waals surface area contributed by atoms with Gasteiger partial charge in [-0.2, -0.15) is 4.98 Å². The molecule has 30 heavy (non-hydrogen) atoms. The van der Waals surface area contributed by atoms with Gasteiger partial charge in [-0.3, -0.25) is 10.1 Å². The van der Waals surface area contributed by atoms with Crippen LogP contribution in [0.4, 0.5) is 12.0 Å². The van der Waals surface area contributed by atoms with Crippen LogP contribution in [-0.2, 0) is 7.05 Å². The van der Waals surface area contributed by atoms with Gasteiger partial charge in [-0.05, 0) is 30.3 Å². The molecule has 0 fully saturated rings. The van der Waals surface area contributed by atoms with E-state index >= 15 is 0 Å². The number of imidazole rings is 1. The zero-order valence-electron chi connectivity index (χ0n) is 16.4. The Labute approximate surface area is 171 Å². The van der Waals surface area contributed by atoms with Crippen molar-refractivity contribution in [2.45, 2.75) is 0 Å². The Morgan fingerprint density at radius 1 is 1.23 bits per heavy atom. The molecule has 0 atom stereocenters. The van der Waals surface area contributed by atoms with Gasteiger partial charge in [-0.25, -0.2) is 4.98 Å². The Morgan fingerprint density at radius 2 is 2.10 bits per heavy atom. The average Bonchev–Trinajstić information content (AvgIpc) is 3.30. The summed E-state index contributed by atoms with van der Waals surface area (Å²) in [4.78, 5) is 21.1. The molecule has 0 saturated carbocycles. The summed E-state index contributed by atoms with van der Waals surface area (Å²) in [5.41, 5.74) is 8.66. The van der Waals surface area contributed by atoms with Gasteiger partial charge in [0.25, 0.3) is 5.91 Å². The summed E-state index contributed by atoms with van der Waals surface area (Å²) in [6.45, 7) is 0.933. The number of carbonyl (C=O) groups is 1. The lowest BCUT2D eigenvalue weighted by Gasteiger charge is -2.03. The lowest BCUT2D eigenvalue weighted by Crippen LogP contribution is -2.28. The third-order valence-electron chi connectivity index (χ3n) is 4.51. The number of ether oxygens (including phenoxy) is 1. The van der Waals surface area contributed by atoms with Crippen molar-refractivity contribution in [3.05, 3.63) is 42.0 Å². The van der Waals surface area contributed by atoms with Gasteiger partial charge in [-0.15, -0.1) is 0 Å². The van der Waals surface area contributed by atoms with E-state index in [2.05, 4.69) is 20.6 Å². The largest absolute Gasteiger partial charge is 0.491 e. The van der Waals surface area contributed by atoms with E-state index in [0.29, 0.717) is 47.0 Å². The molecule has 0 aliphatic heterocycles. The minimum Gasteiger partial charge on any atom is -0.491 e. The van der Waals surface area contributed by atoms with Crippen LogP contribution in [-0.4, -0.2) is 51.9 Å². The maximum absolute atomic E-state index is 12.2. The Bertz CT molecular complexity index is 1200. The van der Waals surface area contributed by atoms with Crippen molar-refractivity contribution < 1.29 is 19.1 Å². The van der Waals surface area contributed by atoms with Crippen molar-refractivity contribution in [3.63, 3.8) is 0 Å². The second-order valence-corrected chi connectivity index (χ2v) is 6.59. The maximum Gasteiger partial charge on any atom is 0.302 e. The van der Waals surface area contributed by atoms with Gasteiger partial charge >= 0.3 is 6.01 Å². The van der Waals surface area contributed by atoms with Crippen LogP contribution in [0, 0.1) is 0 Å². The highest BCUT2D eigenvalue weighted by Crippen LogP contribution is 2.27. The number of aliphatic hydroxyl groups is 1. The molecular formula is C20H22N6O4. The van der Waals surface area contributed by atoms with Crippen molar-refractivity contribution in [1.29, 1.82) is 0 Å². The van der Waals surface area contributed by atoms with Gasteiger partial charge in [0, 0.05) is 31.8 Å². The summed E-state index contributed by atoms with van der Waals surface area (Å²) < 4.78 is 13.0. The number of amides is 1. The molecule has 1 amide bonds. The van der Waals surface area contributed by atoms with Gasteiger partial charge < -0.3 is 29.9 Å². The Kier molecular flexibility index (Phi) is 5.50. The standard InChI is InChI=1S/C20H22N6O4/c1-26-16-5-2-12(18(28)22-7-6-21)10-15(16)23-19(26)25-20-24-14-4-3-13(29-9-8-27)11-17(14)30-20/h2-5,10-11,27H,6-9,21H2,1H3,(H,22,28)(H,23,24,25). The first-order valence-electron chi connectivity index (χ1n) is 9.45. The molecule has 0 unspecified atom stereocenters. The van der Waals surface area contributed by atoms with E-state index in [0.717, 1.165) is 5.52 Å². The fourth-order valence-corrected chi connectivity index (χ4v) is 3.05. The molecule has 156 valence electrons. The third kappa shape index (κ3) is 3.91. The molecule has 2 aromatic heterocycles. The smallest absolute Gasteiger partial charge is 0.302 e. The lowest BCUT2D eigenvalue weighted by atomic mass is 10.2. The van der Waals surface area contributed by atoms with Gasteiger partial charge in [0.2, 0.25) is 5.95 Å². The lowest BCUT2D eigenvalue weighted by molar-refractivity contribution is 0.0955. The number of aliphatic hydroxyl groups excluding tert-OH is 1. The number of nitrogens with zero attached hydrogens (tertiary/aromatic N) is 3. The van der Waals surface area contributed by atoms with Crippen LogP contribution >= 0.6 is 0 Å². The Hall–Kier alpha value is -3.63. The first-order chi connectivity index (χ1) is 14.6. The van der Waals surface area contributed by atoms with E-state index in [1.807, 2.05) is 17.7 Å². The molecule has 2 heterocycles. The summed E-state index contributed by atoms with van der Waals surface area (Å²) in [7, 11) is 1.86. The van der Waals surface area contributed by atoms with Crippen molar-refractivity contribution in [3.8, 4) is 5.75 Å². The second kappa shape index (κ2) is 8.39. The van der Waals surface area contributed by atoms with Crippen LogP contribution in [0.5, 0.6) is 5.75 Å². The van der Waals surface area contributed by atoms with Gasteiger partial charge in [0.05, 0.1) is 17.6 Å². The molecule has 0 spiro atoms. The minimum absolute atomic E-state index is 0.0651. The summed E-state index contributed by atoms with van der Waals surface area (Å²) in [5.74, 6) is 0.913. The number of nitrogens with one attached hydrogen (secondary N) is 2. The monoisotopic (exact) mass is 410 g/mol. The molecular weight excluding hydrogens is 388 g/mol.